The molecular formula is C18H21F2N3O2. The van der Waals surface area contributed by atoms with Gasteiger partial charge in [0.2, 0.25) is 5.91 Å². The first-order valence-corrected chi connectivity index (χ1v) is 8.19. The van der Waals surface area contributed by atoms with Crippen LogP contribution in [-0.2, 0) is 18.3 Å². The Hall–Kier alpha value is -2.28. The normalized spacial score (nSPS) is 20.3. The van der Waals surface area contributed by atoms with Crippen LogP contribution in [0.5, 0.6) is 0 Å². The number of β-amino-alcohol motifs (C(OH)–C–C–N with tert-alkyl or cyclic N) is 1. The minimum atomic E-state index is -0.953. The molecule has 1 aliphatic rings. The van der Waals surface area contributed by atoms with Crippen LogP contribution in [0.25, 0.3) is 0 Å². The van der Waals surface area contributed by atoms with Crippen molar-refractivity contribution in [1.29, 1.82) is 0 Å². The highest BCUT2D eigenvalue weighted by Gasteiger charge is 2.36. The molecule has 25 heavy (non-hydrogen) atoms. The molecule has 0 spiro atoms. The quantitative estimate of drug-likeness (QED) is 0.924. The van der Waals surface area contributed by atoms with Gasteiger partial charge in [-0.05, 0) is 38.0 Å². The monoisotopic (exact) mass is 349 g/mol. The maximum atomic E-state index is 13.6. The summed E-state index contributed by atoms with van der Waals surface area (Å²) in [4.78, 5) is 14.4. The fraction of sp³-hybridized carbons (Fsp3) is 0.444. The Morgan fingerprint density at radius 1 is 1.32 bits per heavy atom. The van der Waals surface area contributed by atoms with Gasteiger partial charge in [0, 0.05) is 24.8 Å². The summed E-state index contributed by atoms with van der Waals surface area (Å²) >= 11 is 0. The van der Waals surface area contributed by atoms with Crippen LogP contribution < -0.4 is 0 Å². The van der Waals surface area contributed by atoms with Crippen LogP contribution in [0, 0.1) is 25.5 Å². The third-order valence-electron chi connectivity index (χ3n) is 4.91. The first-order valence-electron chi connectivity index (χ1n) is 8.19. The number of aromatic nitrogens is 2. The number of hydrogen-bond acceptors (Lipinski definition) is 3. The molecule has 3 rings (SSSR count). The van der Waals surface area contributed by atoms with E-state index < -0.39 is 23.8 Å². The molecule has 0 saturated carbocycles. The van der Waals surface area contributed by atoms with Gasteiger partial charge in [0.15, 0.2) is 11.6 Å². The zero-order chi connectivity index (χ0) is 18.3. The van der Waals surface area contributed by atoms with Crippen molar-refractivity contribution in [3.63, 3.8) is 0 Å². The summed E-state index contributed by atoms with van der Waals surface area (Å²) in [7, 11) is 1.82. The van der Waals surface area contributed by atoms with E-state index in [-0.39, 0.29) is 18.9 Å². The van der Waals surface area contributed by atoms with Crippen molar-refractivity contribution in [2.45, 2.75) is 38.8 Å². The molecule has 134 valence electrons. The molecule has 0 aliphatic carbocycles. The first kappa shape index (κ1) is 17.5. The second-order valence-electron chi connectivity index (χ2n) is 6.57. The summed E-state index contributed by atoms with van der Waals surface area (Å²) in [6.45, 7) is 3.93. The molecule has 1 N–H and O–H groups in total. The summed E-state index contributed by atoms with van der Waals surface area (Å²) in [6, 6.07) is 3.14. The maximum Gasteiger partial charge on any atom is 0.227 e. The zero-order valence-corrected chi connectivity index (χ0v) is 14.5. The van der Waals surface area contributed by atoms with Gasteiger partial charge >= 0.3 is 0 Å². The lowest BCUT2D eigenvalue weighted by molar-refractivity contribution is -0.131. The van der Waals surface area contributed by atoms with E-state index in [1.165, 1.54) is 6.07 Å². The summed E-state index contributed by atoms with van der Waals surface area (Å²) in [5.41, 5.74) is 3.05. The van der Waals surface area contributed by atoms with E-state index in [0.717, 1.165) is 29.1 Å². The third-order valence-corrected chi connectivity index (χ3v) is 4.91. The number of nitrogens with zero attached hydrogens (tertiary/aromatic N) is 3. The molecule has 1 amide bonds. The second kappa shape index (κ2) is 6.55. The van der Waals surface area contributed by atoms with Gasteiger partial charge in [-0.15, -0.1) is 0 Å². The lowest BCUT2D eigenvalue weighted by Gasteiger charge is -2.25. The molecule has 1 saturated heterocycles. The van der Waals surface area contributed by atoms with Crippen molar-refractivity contribution < 1.29 is 18.7 Å². The average molecular weight is 349 g/mol. The van der Waals surface area contributed by atoms with Gasteiger partial charge in [-0.2, -0.15) is 5.10 Å². The van der Waals surface area contributed by atoms with Crippen LogP contribution in [0.1, 0.15) is 35.0 Å². The highest BCUT2D eigenvalue weighted by molar-refractivity contribution is 5.80. The highest BCUT2D eigenvalue weighted by atomic mass is 19.2. The number of carbonyl (C=O) groups is 1. The first-order chi connectivity index (χ1) is 11.8. The van der Waals surface area contributed by atoms with Gasteiger partial charge in [0.05, 0.1) is 24.3 Å². The molecule has 1 aliphatic heterocycles. The third kappa shape index (κ3) is 3.28. The SMILES string of the molecule is Cc1nn(C)c(C)c1CC(=O)N1C[C@@H](O)C[C@@H]1c1ccc(F)c(F)c1. The van der Waals surface area contributed by atoms with Gasteiger partial charge in [-0.1, -0.05) is 6.07 Å². The number of halogens is 2. The molecule has 2 atom stereocenters. The van der Waals surface area contributed by atoms with Crippen LogP contribution in [-0.4, -0.2) is 38.3 Å². The van der Waals surface area contributed by atoms with Crippen LogP contribution in [0.4, 0.5) is 8.78 Å². The molecule has 0 bridgehead atoms. The van der Waals surface area contributed by atoms with Crippen molar-refractivity contribution >= 4 is 5.91 Å². The van der Waals surface area contributed by atoms with Crippen LogP contribution in [0.3, 0.4) is 0 Å². The van der Waals surface area contributed by atoms with Crippen LogP contribution in [0.2, 0.25) is 0 Å². The van der Waals surface area contributed by atoms with E-state index in [4.69, 9.17) is 0 Å². The molecular weight excluding hydrogens is 328 g/mol. The average Bonchev–Trinajstić information content (AvgIpc) is 3.05. The molecule has 1 aromatic carbocycles. The Morgan fingerprint density at radius 2 is 2.04 bits per heavy atom. The molecule has 7 heteroatoms. The van der Waals surface area contributed by atoms with Crippen molar-refractivity contribution in [2.75, 3.05) is 6.54 Å². The molecule has 2 heterocycles. The number of benzene rings is 1. The predicted molar refractivity (Wildman–Crippen MR) is 87.8 cm³/mol. The minimum absolute atomic E-state index is 0.162. The van der Waals surface area contributed by atoms with Gasteiger partial charge in [0.1, 0.15) is 0 Å². The molecule has 1 fully saturated rings. The summed E-state index contributed by atoms with van der Waals surface area (Å²) in [6.07, 6.45) is -0.210. The highest BCUT2D eigenvalue weighted by Crippen LogP contribution is 2.33. The number of hydrogen-bond donors (Lipinski definition) is 1. The Morgan fingerprint density at radius 3 is 2.64 bits per heavy atom. The number of likely N-dealkylation sites (tertiary alicyclic amines) is 1. The number of amides is 1. The smallest absolute Gasteiger partial charge is 0.227 e. The lowest BCUT2D eigenvalue weighted by atomic mass is 10.0. The predicted octanol–water partition coefficient (Wildman–Crippen LogP) is 2.19. The summed E-state index contributed by atoms with van der Waals surface area (Å²) in [5.74, 6) is -2.04. The van der Waals surface area contributed by atoms with Crippen molar-refractivity contribution in [3.05, 3.63) is 52.3 Å². The Bertz CT molecular complexity index is 819. The fourth-order valence-corrected chi connectivity index (χ4v) is 3.45. The number of carbonyl (C=O) groups excluding carboxylic acids is 1. The van der Waals surface area contributed by atoms with Gasteiger partial charge in [-0.3, -0.25) is 9.48 Å². The standard InChI is InChI=1S/C18H21F2N3O2/c1-10-14(11(2)22(3)21-10)8-18(25)23-9-13(24)7-17(23)12-4-5-15(19)16(20)6-12/h4-6,13,17,24H,7-9H2,1-3H3/t13-,17+/m0/s1. The number of aliphatic hydroxyl groups excluding tert-OH is 1. The van der Waals surface area contributed by atoms with Crippen LogP contribution in [0.15, 0.2) is 18.2 Å². The summed E-state index contributed by atoms with van der Waals surface area (Å²) in [5, 5.41) is 14.3. The molecule has 0 radical (unpaired) electrons. The van der Waals surface area contributed by atoms with E-state index in [2.05, 4.69) is 5.10 Å². The number of aliphatic hydroxyl groups is 1. The van der Waals surface area contributed by atoms with E-state index in [9.17, 15) is 18.7 Å². The van der Waals surface area contributed by atoms with Crippen LogP contribution >= 0.6 is 0 Å². The number of rotatable bonds is 3. The maximum absolute atomic E-state index is 13.6. The van der Waals surface area contributed by atoms with Gasteiger partial charge in [-0.25, -0.2) is 8.78 Å². The molecule has 0 unspecified atom stereocenters. The minimum Gasteiger partial charge on any atom is -0.391 e. The lowest BCUT2D eigenvalue weighted by Crippen LogP contribution is -2.33. The van der Waals surface area contributed by atoms with E-state index in [1.54, 1.807) is 9.58 Å². The molecule has 2 aromatic rings. The van der Waals surface area contributed by atoms with E-state index in [1.807, 2.05) is 20.9 Å². The largest absolute Gasteiger partial charge is 0.391 e. The van der Waals surface area contributed by atoms with Crippen molar-refractivity contribution in [2.24, 2.45) is 7.05 Å². The Balaban J connectivity index is 1.86. The Labute approximate surface area is 144 Å². The van der Waals surface area contributed by atoms with E-state index in [0.29, 0.717) is 12.0 Å². The summed E-state index contributed by atoms with van der Waals surface area (Å²) < 4.78 is 28.5. The zero-order valence-electron chi connectivity index (χ0n) is 14.5. The van der Waals surface area contributed by atoms with E-state index >= 15 is 0 Å². The van der Waals surface area contributed by atoms with Gasteiger partial charge in [0.25, 0.3) is 0 Å². The molecule has 1 aromatic heterocycles. The number of aryl methyl sites for hydroxylation is 2. The van der Waals surface area contributed by atoms with Crippen molar-refractivity contribution in [3.8, 4) is 0 Å². The Kier molecular flexibility index (Phi) is 4.60. The van der Waals surface area contributed by atoms with Crippen molar-refractivity contribution in [1.82, 2.24) is 14.7 Å². The topological polar surface area (TPSA) is 58.4 Å². The van der Waals surface area contributed by atoms with Gasteiger partial charge < -0.3 is 10.0 Å². The molecule has 5 nitrogen and oxygen atoms in total. The fourth-order valence-electron chi connectivity index (χ4n) is 3.45. The second-order valence-corrected chi connectivity index (χ2v) is 6.57.